The summed E-state index contributed by atoms with van der Waals surface area (Å²) in [6.45, 7) is 2.38. The SMILES string of the molecule is CCCC(O)CNc1nc(Cl)nc(-n2cccn2)n1. The Morgan fingerprint density at radius 2 is 2.26 bits per heavy atom. The van der Waals surface area contributed by atoms with Gasteiger partial charge in [0.1, 0.15) is 0 Å². The molecule has 2 N–H and O–H groups in total. The molecule has 0 aliphatic rings. The maximum atomic E-state index is 9.65. The highest BCUT2D eigenvalue weighted by Crippen LogP contribution is 2.09. The highest BCUT2D eigenvalue weighted by molar-refractivity contribution is 6.28. The van der Waals surface area contributed by atoms with Gasteiger partial charge in [0.25, 0.3) is 5.95 Å². The predicted molar refractivity (Wildman–Crippen MR) is 71.4 cm³/mol. The molecule has 0 fully saturated rings. The third-order valence-electron chi connectivity index (χ3n) is 2.42. The van der Waals surface area contributed by atoms with E-state index in [1.54, 1.807) is 18.5 Å². The molecule has 2 rings (SSSR count). The second kappa shape index (κ2) is 6.44. The number of anilines is 1. The molecule has 2 heterocycles. The molecule has 0 aliphatic heterocycles. The average Bonchev–Trinajstić information content (AvgIpc) is 2.90. The van der Waals surface area contributed by atoms with Gasteiger partial charge < -0.3 is 10.4 Å². The van der Waals surface area contributed by atoms with Crippen LogP contribution in [-0.4, -0.2) is 42.5 Å². The van der Waals surface area contributed by atoms with E-state index in [4.69, 9.17) is 11.6 Å². The highest BCUT2D eigenvalue weighted by atomic mass is 35.5. The number of hydrogen-bond acceptors (Lipinski definition) is 6. The van der Waals surface area contributed by atoms with E-state index in [9.17, 15) is 5.11 Å². The molecule has 0 amide bonds. The topological polar surface area (TPSA) is 88.8 Å². The lowest BCUT2D eigenvalue weighted by Crippen LogP contribution is -2.21. The third-order valence-corrected chi connectivity index (χ3v) is 2.59. The van der Waals surface area contributed by atoms with Crippen LogP contribution >= 0.6 is 11.6 Å². The van der Waals surface area contributed by atoms with Crippen LogP contribution in [0.4, 0.5) is 5.95 Å². The number of nitrogens with zero attached hydrogens (tertiary/aromatic N) is 5. The van der Waals surface area contributed by atoms with Gasteiger partial charge in [-0.3, -0.25) is 0 Å². The van der Waals surface area contributed by atoms with Crippen LogP contribution < -0.4 is 5.32 Å². The molecule has 19 heavy (non-hydrogen) atoms. The first kappa shape index (κ1) is 13.7. The summed E-state index contributed by atoms with van der Waals surface area (Å²) < 4.78 is 1.49. The number of nitrogens with one attached hydrogen (secondary N) is 1. The second-order valence-electron chi connectivity index (χ2n) is 4.00. The van der Waals surface area contributed by atoms with Crippen molar-refractivity contribution < 1.29 is 5.11 Å². The van der Waals surface area contributed by atoms with Crippen molar-refractivity contribution in [1.29, 1.82) is 0 Å². The molecule has 8 heteroatoms. The fraction of sp³-hybridized carbons (Fsp3) is 0.455. The van der Waals surface area contributed by atoms with Gasteiger partial charge in [-0.25, -0.2) is 4.68 Å². The van der Waals surface area contributed by atoms with Crippen molar-refractivity contribution in [2.75, 3.05) is 11.9 Å². The number of halogens is 1. The Kier molecular flexibility index (Phi) is 4.64. The summed E-state index contributed by atoms with van der Waals surface area (Å²) in [6.07, 6.45) is 4.53. The fourth-order valence-electron chi connectivity index (χ4n) is 1.55. The largest absolute Gasteiger partial charge is 0.391 e. The monoisotopic (exact) mass is 282 g/mol. The zero-order valence-electron chi connectivity index (χ0n) is 10.5. The second-order valence-corrected chi connectivity index (χ2v) is 4.34. The normalized spacial score (nSPS) is 12.4. The summed E-state index contributed by atoms with van der Waals surface area (Å²) in [5.74, 6) is 0.651. The van der Waals surface area contributed by atoms with Crippen LogP contribution in [-0.2, 0) is 0 Å². The molecular weight excluding hydrogens is 268 g/mol. The summed E-state index contributed by atoms with van der Waals surface area (Å²) in [6, 6.07) is 1.76. The summed E-state index contributed by atoms with van der Waals surface area (Å²) in [7, 11) is 0. The van der Waals surface area contributed by atoms with Crippen molar-refractivity contribution in [2.45, 2.75) is 25.9 Å². The van der Waals surface area contributed by atoms with Gasteiger partial charge in [-0.05, 0) is 24.1 Å². The van der Waals surface area contributed by atoms with Crippen molar-refractivity contribution in [1.82, 2.24) is 24.7 Å². The highest BCUT2D eigenvalue weighted by Gasteiger charge is 2.08. The molecule has 0 radical (unpaired) electrons. The van der Waals surface area contributed by atoms with Crippen LogP contribution in [0.3, 0.4) is 0 Å². The smallest absolute Gasteiger partial charge is 0.256 e. The number of rotatable bonds is 6. The van der Waals surface area contributed by atoms with E-state index in [1.807, 2.05) is 6.92 Å². The molecule has 0 bridgehead atoms. The molecule has 102 valence electrons. The molecule has 1 atom stereocenters. The maximum absolute atomic E-state index is 9.65. The molecule has 1 unspecified atom stereocenters. The molecule has 0 saturated heterocycles. The van der Waals surface area contributed by atoms with Gasteiger partial charge in [-0.1, -0.05) is 13.3 Å². The minimum absolute atomic E-state index is 0.0768. The lowest BCUT2D eigenvalue weighted by atomic mass is 10.2. The van der Waals surface area contributed by atoms with E-state index in [1.165, 1.54) is 4.68 Å². The van der Waals surface area contributed by atoms with Crippen LogP contribution in [0.2, 0.25) is 5.28 Å². The van der Waals surface area contributed by atoms with Crippen molar-refractivity contribution in [2.24, 2.45) is 0 Å². The predicted octanol–water partition coefficient (Wildman–Crippen LogP) is 1.28. The molecular formula is C11H15ClN6O. The van der Waals surface area contributed by atoms with Crippen LogP contribution in [0.5, 0.6) is 0 Å². The van der Waals surface area contributed by atoms with Crippen LogP contribution in [0.15, 0.2) is 18.5 Å². The minimum atomic E-state index is -0.436. The Labute approximate surface area is 115 Å². The Balaban J connectivity index is 2.09. The van der Waals surface area contributed by atoms with Gasteiger partial charge in [0.2, 0.25) is 11.2 Å². The molecule has 0 spiro atoms. The summed E-state index contributed by atoms with van der Waals surface area (Å²) in [5, 5.41) is 16.7. The molecule has 2 aromatic heterocycles. The zero-order valence-corrected chi connectivity index (χ0v) is 11.2. The number of aliphatic hydroxyl groups excluding tert-OH is 1. The summed E-state index contributed by atoms with van der Waals surface area (Å²) >= 11 is 5.84. The molecule has 0 saturated carbocycles. The summed E-state index contributed by atoms with van der Waals surface area (Å²) in [4.78, 5) is 12.1. The average molecular weight is 283 g/mol. The molecule has 7 nitrogen and oxygen atoms in total. The Morgan fingerprint density at radius 1 is 1.42 bits per heavy atom. The van der Waals surface area contributed by atoms with Gasteiger partial charge in [0.05, 0.1) is 6.10 Å². The van der Waals surface area contributed by atoms with Crippen molar-refractivity contribution >= 4 is 17.5 Å². The minimum Gasteiger partial charge on any atom is -0.391 e. The van der Waals surface area contributed by atoms with E-state index in [0.717, 1.165) is 12.8 Å². The lowest BCUT2D eigenvalue weighted by Gasteiger charge is -2.11. The van der Waals surface area contributed by atoms with Crippen molar-refractivity contribution in [3.63, 3.8) is 0 Å². The Bertz CT molecular complexity index is 518. The fourth-order valence-corrected chi connectivity index (χ4v) is 1.71. The number of aliphatic hydroxyl groups is 1. The van der Waals surface area contributed by atoms with Gasteiger partial charge >= 0.3 is 0 Å². The molecule has 0 aromatic carbocycles. The third kappa shape index (κ3) is 3.87. The summed E-state index contributed by atoms with van der Waals surface area (Å²) in [5.41, 5.74) is 0. The lowest BCUT2D eigenvalue weighted by molar-refractivity contribution is 0.176. The van der Waals surface area contributed by atoms with Crippen LogP contribution in [0, 0.1) is 0 Å². The van der Waals surface area contributed by atoms with Crippen LogP contribution in [0.25, 0.3) is 5.95 Å². The number of aromatic nitrogens is 5. The maximum Gasteiger partial charge on any atom is 0.256 e. The zero-order chi connectivity index (χ0) is 13.7. The van der Waals surface area contributed by atoms with E-state index in [0.29, 0.717) is 18.4 Å². The van der Waals surface area contributed by atoms with Crippen LogP contribution in [0.1, 0.15) is 19.8 Å². The van der Waals surface area contributed by atoms with E-state index in [2.05, 4.69) is 25.4 Å². The molecule has 0 aliphatic carbocycles. The van der Waals surface area contributed by atoms with Gasteiger partial charge in [-0.15, -0.1) is 0 Å². The van der Waals surface area contributed by atoms with Gasteiger partial charge in [0.15, 0.2) is 0 Å². The Morgan fingerprint density at radius 3 is 2.95 bits per heavy atom. The first-order valence-electron chi connectivity index (χ1n) is 6.02. The standard InChI is InChI=1S/C11H15ClN6O/c1-2-4-8(19)7-13-10-15-9(12)16-11(17-10)18-6-3-5-14-18/h3,5-6,8,19H,2,4,7H2,1H3,(H,13,15,16,17). The van der Waals surface area contributed by atoms with Crippen molar-refractivity contribution in [3.8, 4) is 5.95 Å². The van der Waals surface area contributed by atoms with E-state index < -0.39 is 6.10 Å². The first-order valence-corrected chi connectivity index (χ1v) is 6.40. The Hall–Kier alpha value is -1.73. The first-order chi connectivity index (χ1) is 9.19. The van der Waals surface area contributed by atoms with E-state index in [-0.39, 0.29) is 5.28 Å². The van der Waals surface area contributed by atoms with Crippen molar-refractivity contribution in [3.05, 3.63) is 23.7 Å². The molecule has 2 aromatic rings. The van der Waals surface area contributed by atoms with E-state index >= 15 is 0 Å². The van der Waals surface area contributed by atoms with Gasteiger partial charge in [-0.2, -0.15) is 20.1 Å². The number of hydrogen-bond donors (Lipinski definition) is 2. The quantitative estimate of drug-likeness (QED) is 0.830. The van der Waals surface area contributed by atoms with Gasteiger partial charge in [0, 0.05) is 18.9 Å².